The third-order valence-corrected chi connectivity index (χ3v) is 3.73. The molecular formula is C17H24N2O2. The molecule has 2 rings (SSSR count). The largest absolute Gasteiger partial charge is 0.490 e. The summed E-state index contributed by atoms with van der Waals surface area (Å²) in [5, 5.41) is 3.29. The molecule has 0 radical (unpaired) electrons. The highest BCUT2D eigenvalue weighted by Gasteiger charge is 2.23. The lowest BCUT2D eigenvalue weighted by Crippen LogP contribution is -2.41. The van der Waals surface area contributed by atoms with Gasteiger partial charge in [-0.3, -0.25) is 4.79 Å². The molecule has 0 aromatic heterocycles. The number of nitrogens with one attached hydrogen (secondary N) is 1. The lowest BCUT2D eigenvalue weighted by atomic mass is 9.98. The van der Waals surface area contributed by atoms with Crippen molar-refractivity contribution in [3.05, 3.63) is 42.5 Å². The molecule has 1 aromatic carbocycles. The third-order valence-electron chi connectivity index (χ3n) is 3.73. The average molecular weight is 288 g/mol. The maximum absolute atomic E-state index is 12.4. The number of carbonyl (C=O) groups is 1. The molecule has 4 nitrogen and oxygen atoms in total. The zero-order valence-corrected chi connectivity index (χ0v) is 12.7. The van der Waals surface area contributed by atoms with Crippen LogP contribution in [0.15, 0.2) is 36.9 Å². The van der Waals surface area contributed by atoms with Crippen molar-refractivity contribution < 1.29 is 9.53 Å². The van der Waals surface area contributed by atoms with Crippen molar-refractivity contribution in [3.63, 3.8) is 0 Å². The molecule has 4 heteroatoms. The second kappa shape index (κ2) is 7.84. The topological polar surface area (TPSA) is 41.6 Å². The first-order chi connectivity index (χ1) is 10.2. The van der Waals surface area contributed by atoms with Crippen LogP contribution in [-0.4, -0.2) is 37.6 Å². The normalized spacial score (nSPS) is 18.0. The lowest BCUT2D eigenvalue weighted by Gasteiger charge is -2.27. The van der Waals surface area contributed by atoms with E-state index in [-0.39, 0.29) is 11.8 Å². The Bertz CT molecular complexity index is 464. The maximum atomic E-state index is 12.4. The van der Waals surface area contributed by atoms with E-state index in [2.05, 4.69) is 11.9 Å². The SMILES string of the molecule is C=CCOc1ccc(CN(C)C(=O)[C@@H]2CCCNC2)cc1. The summed E-state index contributed by atoms with van der Waals surface area (Å²) in [6.45, 7) is 6.60. The van der Waals surface area contributed by atoms with Gasteiger partial charge in [-0.1, -0.05) is 24.8 Å². The van der Waals surface area contributed by atoms with Crippen LogP contribution in [0, 0.1) is 5.92 Å². The molecule has 1 aliphatic rings. The Morgan fingerprint density at radius 3 is 2.86 bits per heavy atom. The van der Waals surface area contributed by atoms with Crippen LogP contribution in [0.1, 0.15) is 18.4 Å². The van der Waals surface area contributed by atoms with Crippen LogP contribution in [0.4, 0.5) is 0 Å². The summed E-state index contributed by atoms with van der Waals surface area (Å²) < 4.78 is 5.45. The molecule has 0 spiro atoms. The van der Waals surface area contributed by atoms with Gasteiger partial charge in [0.25, 0.3) is 0 Å². The van der Waals surface area contributed by atoms with E-state index in [4.69, 9.17) is 4.74 Å². The van der Waals surface area contributed by atoms with Crippen LogP contribution in [0.5, 0.6) is 5.75 Å². The molecule has 21 heavy (non-hydrogen) atoms. The second-order valence-corrected chi connectivity index (χ2v) is 5.48. The summed E-state index contributed by atoms with van der Waals surface area (Å²) in [6, 6.07) is 7.86. The Hall–Kier alpha value is -1.81. The number of nitrogens with zero attached hydrogens (tertiary/aromatic N) is 1. The summed E-state index contributed by atoms with van der Waals surface area (Å²) in [4.78, 5) is 14.2. The van der Waals surface area contributed by atoms with Crippen molar-refractivity contribution >= 4 is 5.91 Å². The number of carbonyl (C=O) groups excluding carboxylic acids is 1. The first kappa shape index (κ1) is 15.6. The van der Waals surface area contributed by atoms with Gasteiger partial charge in [-0.15, -0.1) is 0 Å². The van der Waals surface area contributed by atoms with Gasteiger partial charge in [-0.05, 0) is 37.1 Å². The van der Waals surface area contributed by atoms with Crippen LogP contribution < -0.4 is 10.1 Å². The molecule has 1 heterocycles. The minimum atomic E-state index is 0.124. The van der Waals surface area contributed by atoms with E-state index in [1.165, 1.54) is 0 Å². The number of benzene rings is 1. The zero-order chi connectivity index (χ0) is 15.1. The molecule has 0 unspecified atom stereocenters. The molecule has 114 valence electrons. The smallest absolute Gasteiger partial charge is 0.227 e. The fourth-order valence-corrected chi connectivity index (χ4v) is 2.57. The molecule has 0 saturated carbocycles. The third kappa shape index (κ3) is 4.60. The first-order valence-corrected chi connectivity index (χ1v) is 7.49. The van der Waals surface area contributed by atoms with Crippen molar-refractivity contribution in [1.82, 2.24) is 10.2 Å². The number of piperidine rings is 1. The van der Waals surface area contributed by atoms with E-state index >= 15 is 0 Å². The molecule has 0 aliphatic carbocycles. The number of amides is 1. The quantitative estimate of drug-likeness (QED) is 0.816. The van der Waals surface area contributed by atoms with Gasteiger partial charge in [0.2, 0.25) is 5.91 Å². The van der Waals surface area contributed by atoms with Crippen LogP contribution in [0.2, 0.25) is 0 Å². The van der Waals surface area contributed by atoms with Crippen molar-refractivity contribution in [2.24, 2.45) is 5.92 Å². The highest BCUT2D eigenvalue weighted by Crippen LogP contribution is 2.16. The van der Waals surface area contributed by atoms with Gasteiger partial charge in [0.15, 0.2) is 0 Å². The summed E-state index contributed by atoms with van der Waals surface area (Å²) in [7, 11) is 1.87. The molecule has 1 saturated heterocycles. The number of ether oxygens (including phenoxy) is 1. The van der Waals surface area contributed by atoms with Gasteiger partial charge in [-0.25, -0.2) is 0 Å². The molecule has 1 aliphatic heterocycles. The van der Waals surface area contributed by atoms with Gasteiger partial charge in [-0.2, -0.15) is 0 Å². The summed E-state index contributed by atoms with van der Waals surface area (Å²) in [6.07, 6.45) is 3.79. The van der Waals surface area contributed by atoms with Crippen LogP contribution in [0.25, 0.3) is 0 Å². The number of hydrogen-bond acceptors (Lipinski definition) is 3. The lowest BCUT2D eigenvalue weighted by molar-refractivity contribution is -0.135. The molecule has 1 atom stereocenters. The molecule has 0 bridgehead atoms. The van der Waals surface area contributed by atoms with E-state index in [0.29, 0.717) is 13.2 Å². The predicted octanol–water partition coefficient (Wildman–Crippen LogP) is 2.21. The van der Waals surface area contributed by atoms with Crippen molar-refractivity contribution in [2.75, 3.05) is 26.7 Å². The summed E-state index contributed by atoms with van der Waals surface area (Å²) in [5.74, 6) is 1.18. The monoisotopic (exact) mass is 288 g/mol. The Balaban J connectivity index is 1.87. The van der Waals surface area contributed by atoms with Gasteiger partial charge in [0, 0.05) is 20.1 Å². The summed E-state index contributed by atoms with van der Waals surface area (Å²) in [5.41, 5.74) is 1.11. The van der Waals surface area contributed by atoms with E-state index in [1.54, 1.807) is 6.08 Å². The fourth-order valence-electron chi connectivity index (χ4n) is 2.57. The minimum absolute atomic E-state index is 0.124. The van der Waals surface area contributed by atoms with E-state index in [9.17, 15) is 4.79 Å². The zero-order valence-electron chi connectivity index (χ0n) is 12.7. The standard InChI is InChI=1S/C17H24N2O2/c1-3-11-21-16-8-6-14(7-9-16)13-19(2)17(20)15-5-4-10-18-12-15/h3,6-9,15,18H,1,4-5,10-13H2,2H3/t15-/m1/s1. The highest BCUT2D eigenvalue weighted by atomic mass is 16.5. The Kier molecular flexibility index (Phi) is 5.81. The van der Waals surface area contributed by atoms with E-state index in [1.807, 2.05) is 36.2 Å². The number of hydrogen-bond donors (Lipinski definition) is 1. The summed E-state index contributed by atoms with van der Waals surface area (Å²) >= 11 is 0. The molecular weight excluding hydrogens is 264 g/mol. The number of rotatable bonds is 6. The fraction of sp³-hybridized carbons (Fsp3) is 0.471. The van der Waals surface area contributed by atoms with E-state index in [0.717, 1.165) is 37.2 Å². The molecule has 1 amide bonds. The van der Waals surface area contributed by atoms with Crippen molar-refractivity contribution in [2.45, 2.75) is 19.4 Å². The van der Waals surface area contributed by atoms with Crippen molar-refractivity contribution in [1.29, 1.82) is 0 Å². The maximum Gasteiger partial charge on any atom is 0.227 e. The Labute approximate surface area is 126 Å². The van der Waals surface area contributed by atoms with E-state index < -0.39 is 0 Å². The molecule has 1 aromatic rings. The predicted molar refractivity (Wildman–Crippen MR) is 84.2 cm³/mol. The van der Waals surface area contributed by atoms with Crippen molar-refractivity contribution in [3.8, 4) is 5.75 Å². The molecule has 1 N–H and O–H groups in total. The Morgan fingerprint density at radius 2 is 2.24 bits per heavy atom. The average Bonchev–Trinajstić information content (AvgIpc) is 2.54. The van der Waals surface area contributed by atoms with Crippen LogP contribution >= 0.6 is 0 Å². The van der Waals surface area contributed by atoms with Crippen LogP contribution in [-0.2, 0) is 11.3 Å². The first-order valence-electron chi connectivity index (χ1n) is 7.49. The minimum Gasteiger partial charge on any atom is -0.490 e. The van der Waals surface area contributed by atoms with Gasteiger partial charge < -0.3 is 15.0 Å². The second-order valence-electron chi connectivity index (χ2n) is 5.48. The molecule has 1 fully saturated rings. The van der Waals surface area contributed by atoms with Gasteiger partial charge >= 0.3 is 0 Å². The van der Waals surface area contributed by atoms with Crippen LogP contribution in [0.3, 0.4) is 0 Å². The highest BCUT2D eigenvalue weighted by molar-refractivity contribution is 5.78. The Morgan fingerprint density at radius 1 is 1.48 bits per heavy atom. The van der Waals surface area contributed by atoms with Gasteiger partial charge in [0.1, 0.15) is 12.4 Å². The van der Waals surface area contributed by atoms with Gasteiger partial charge in [0.05, 0.1) is 5.92 Å².